The van der Waals surface area contributed by atoms with Gasteiger partial charge in [-0.2, -0.15) is 5.26 Å². The monoisotopic (exact) mass is 307 g/mol. The van der Waals surface area contributed by atoms with Gasteiger partial charge in [0.25, 0.3) is 0 Å². The molecule has 1 aromatic heterocycles. The Morgan fingerprint density at radius 2 is 1.91 bits per heavy atom. The molecule has 0 unspecified atom stereocenters. The summed E-state index contributed by atoms with van der Waals surface area (Å²) in [6.07, 6.45) is 6.38. The summed E-state index contributed by atoms with van der Waals surface area (Å²) in [6.45, 7) is 0. The van der Waals surface area contributed by atoms with E-state index in [1.54, 1.807) is 12.1 Å². The van der Waals surface area contributed by atoms with Gasteiger partial charge < -0.3 is 4.74 Å². The minimum atomic E-state index is -0.644. The topological polar surface area (TPSA) is 71.9 Å². The number of hydrogen-bond donors (Lipinski definition) is 1. The van der Waals surface area contributed by atoms with Gasteiger partial charge in [-0.25, -0.2) is 4.98 Å². The molecule has 23 heavy (non-hydrogen) atoms. The highest BCUT2D eigenvalue weighted by Gasteiger charge is 2.34. The summed E-state index contributed by atoms with van der Waals surface area (Å²) < 4.78 is 5.90. The molecule has 1 fully saturated rings. The summed E-state index contributed by atoms with van der Waals surface area (Å²) in [7, 11) is 0. The third kappa shape index (κ3) is 4.08. The fraction of sp³-hybridized carbons (Fsp3) is 0.368. The predicted molar refractivity (Wildman–Crippen MR) is 88.6 cm³/mol. The molecule has 0 bridgehead atoms. The van der Waals surface area contributed by atoms with E-state index >= 15 is 0 Å². The first-order valence-electron chi connectivity index (χ1n) is 8.05. The van der Waals surface area contributed by atoms with Crippen LogP contribution in [0, 0.1) is 17.2 Å². The van der Waals surface area contributed by atoms with Crippen molar-refractivity contribution in [3.63, 3.8) is 0 Å². The molecule has 1 heterocycles. The van der Waals surface area contributed by atoms with Crippen molar-refractivity contribution in [1.82, 2.24) is 4.98 Å². The summed E-state index contributed by atoms with van der Waals surface area (Å²) in [5, 5.41) is 8.80. The van der Waals surface area contributed by atoms with Crippen LogP contribution in [-0.2, 0) is 6.42 Å². The van der Waals surface area contributed by atoms with Gasteiger partial charge in [0.1, 0.15) is 6.07 Å². The molecule has 1 aliphatic carbocycles. The lowest BCUT2D eigenvalue weighted by Gasteiger charge is -2.37. The Morgan fingerprint density at radius 3 is 2.52 bits per heavy atom. The number of nitrogens with zero attached hydrogens (tertiary/aromatic N) is 2. The van der Waals surface area contributed by atoms with Gasteiger partial charge in [-0.15, -0.1) is 0 Å². The van der Waals surface area contributed by atoms with Gasteiger partial charge in [0.2, 0.25) is 5.88 Å². The van der Waals surface area contributed by atoms with Crippen molar-refractivity contribution in [2.75, 3.05) is 0 Å². The number of aromatic nitrogens is 1. The first-order valence-corrected chi connectivity index (χ1v) is 8.05. The molecule has 1 aliphatic rings. The van der Waals surface area contributed by atoms with Crippen LogP contribution < -0.4 is 10.5 Å². The zero-order valence-corrected chi connectivity index (χ0v) is 13.1. The molecule has 2 N–H and O–H groups in total. The lowest BCUT2D eigenvalue weighted by molar-refractivity contribution is 0.0173. The molecule has 4 heteroatoms. The van der Waals surface area contributed by atoms with Crippen molar-refractivity contribution in [2.45, 2.75) is 37.8 Å². The normalized spacial score (nSPS) is 23.9. The highest BCUT2D eigenvalue weighted by atomic mass is 16.5. The zero-order valence-electron chi connectivity index (χ0n) is 13.1. The Kier molecular flexibility index (Phi) is 4.59. The number of pyridine rings is 1. The maximum absolute atomic E-state index is 8.80. The van der Waals surface area contributed by atoms with E-state index in [2.05, 4.69) is 29.2 Å². The molecule has 1 saturated carbocycles. The Hall–Kier alpha value is -2.38. The van der Waals surface area contributed by atoms with Gasteiger partial charge in [-0.05, 0) is 36.8 Å². The van der Waals surface area contributed by atoms with Crippen LogP contribution >= 0.6 is 0 Å². The smallest absolute Gasteiger partial charge is 0.215 e. The highest BCUT2D eigenvalue weighted by Crippen LogP contribution is 2.33. The Balaban J connectivity index is 1.55. The largest absolute Gasteiger partial charge is 0.456 e. The first kappa shape index (κ1) is 15.5. The van der Waals surface area contributed by atoms with E-state index in [1.165, 1.54) is 11.8 Å². The van der Waals surface area contributed by atoms with Crippen LogP contribution in [0.1, 0.15) is 36.8 Å². The summed E-state index contributed by atoms with van der Waals surface area (Å²) in [6, 6.07) is 16.0. The van der Waals surface area contributed by atoms with E-state index in [0.29, 0.717) is 17.4 Å². The molecule has 0 spiro atoms. The van der Waals surface area contributed by atoms with Crippen molar-refractivity contribution in [3.8, 4) is 11.9 Å². The second-order valence-corrected chi connectivity index (χ2v) is 6.30. The molecule has 0 amide bonds. The maximum atomic E-state index is 8.80. The second-order valence-electron chi connectivity index (χ2n) is 6.30. The summed E-state index contributed by atoms with van der Waals surface area (Å²) in [5.74, 6) is 1.15. The average molecular weight is 307 g/mol. The predicted octanol–water partition coefficient (Wildman–Crippen LogP) is 3.42. The van der Waals surface area contributed by atoms with Gasteiger partial charge in [0.15, 0.2) is 5.72 Å². The van der Waals surface area contributed by atoms with Crippen LogP contribution in [0.5, 0.6) is 5.88 Å². The van der Waals surface area contributed by atoms with E-state index in [-0.39, 0.29) is 0 Å². The fourth-order valence-corrected chi connectivity index (χ4v) is 3.13. The first-order chi connectivity index (χ1) is 11.2. The van der Waals surface area contributed by atoms with Crippen LogP contribution in [0.4, 0.5) is 0 Å². The Morgan fingerprint density at radius 1 is 1.17 bits per heavy atom. The van der Waals surface area contributed by atoms with E-state index < -0.39 is 5.72 Å². The van der Waals surface area contributed by atoms with E-state index in [0.717, 1.165) is 32.1 Å². The molecule has 3 rings (SSSR count). The molecule has 0 atom stereocenters. The maximum Gasteiger partial charge on any atom is 0.215 e. The molecule has 4 nitrogen and oxygen atoms in total. The standard InChI is InChI=1S/C19H21N3O/c20-13-17-6-7-18(22-14-17)23-19(21)10-8-16(9-11-19)12-15-4-2-1-3-5-15/h1-7,14,16H,8-12,21H2. The number of hydrogen-bond acceptors (Lipinski definition) is 4. The van der Waals surface area contributed by atoms with Gasteiger partial charge in [-0.3, -0.25) is 5.73 Å². The minimum Gasteiger partial charge on any atom is -0.456 e. The SMILES string of the molecule is N#Cc1ccc(OC2(N)CCC(Cc3ccccc3)CC2)nc1. The van der Waals surface area contributed by atoms with Gasteiger partial charge in [0.05, 0.1) is 5.56 Å². The van der Waals surface area contributed by atoms with Crippen LogP contribution in [0.25, 0.3) is 0 Å². The van der Waals surface area contributed by atoms with Crippen molar-refractivity contribution < 1.29 is 4.74 Å². The van der Waals surface area contributed by atoms with Crippen molar-refractivity contribution >= 4 is 0 Å². The third-order valence-corrected chi connectivity index (χ3v) is 4.49. The van der Waals surface area contributed by atoms with Gasteiger partial charge in [-0.1, -0.05) is 30.3 Å². The molecular weight excluding hydrogens is 286 g/mol. The summed E-state index contributed by atoms with van der Waals surface area (Å²) in [4.78, 5) is 4.15. The van der Waals surface area contributed by atoms with Crippen LogP contribution in [-0.4, -0.2) is 10.7 Å². The minimum absolute atomic E-state index is 0.494. The van der Waals surface area contributed by atoms with E-state index in [4.69, 9.17) is 15.7 Å². The zero-order chi connectivity index (χ0) is 16.1. The van der Waals surface area contributed by atoms with E-state index in [9.17, 15) is 0 Å². The highest BCUT2D eigenvalue weighted by molar-refractivity contribution is 5.28. The molecule has 0 saturated heterocycles. The lowest BCUT2D eigenvalue weighted by Crippen LogP contribution is -2.49. The number of rotatable bonds is 4. The number of nitrogens with two attached hydrogens (primary N) is 1. The van der Waals surface area contributed by atoms with Crippen LogP contribution in [0.2, 0.25) is 0 Å². The third-order valence-electron chi connectivity index (χ3n) is 4.49. The number of nitriles is 1. The molecule has 0 radical (unpaired) electrons. The molecular formula is C19H21N3O. The quantitative estimate of drug-likeness (QED) is 0.878. The molecule has 2 aromatic rings. The molecule has 1 aromatic carbocycles. The Labute approximate surface area is 136 Å². The number of benzene rings is 1. The van der Waals surface area contributed by atoms with Crippen LogP contribution in [0.15, 0.2) is 48.7 Å². The van der Waals surface area contributed by atoms with Crippen molar-refractivity contribution in [1.29, 1.82) is 5.26 Å². The Bertz CT molecular complexity index is 668. The average Bonchev–Trinajstić information content (AvgIpc) is 2.59. The van der Waals surface area contributed by atoms with Gasteiger partial charge >= 0.3 is 0 Å². The summed E-state index contributed by atoms with van der Waals surface area (Å²) in [5.41, 5.74) is 7.65. The van der Waals surface area contributed by atoms with Gasteiger partial charge in [0, 0.05) is 25.1 Å². The van der Waals surface area contributed by atoms with Crippen molar-refractivity contribution in [2.24, 2.45) is 11.7 Å². The fourth-order valence-electron chi connectivity index (χ4n) is 3.13. The van der Waals surface area contributed by atoms with E-state index in [1.807, 2.05) is 12.1 Å². The summed E-state index contributed by atoms with van der Waals surface area (Å²) >= 11 is 0. The molecule has 118 valence electrons. The molecule has 0 aliphatic heterocycles. The van der Waals surface area contributed by atoms with Crippen LogP contribution in [0.3, 0.4) is 0 Å². The lowest BCUT2D eigenvalue weighted by atomic mass is 9.81. The number of ether oxygens (including phenoxy) is 1. The van der Waals surface area contributed by atoms with Crippen molar-refractivity contribution in [3.05, 3.63) is 59.8 Å². The second kappa shape index (κ2) is 6.80.